The molecule has 1 atom stereocenters. The average Bonchev–Trinajstić information content (AvgIpc) is 2.78. The van der Waals surface area contributed by atoms with E-state index in [1.54, 1.807) is 40.1 Å². The third kappa shape index (κ3) is 5.14. The van der Waals surface area contributed by atoms with Crippen molar-refractivity contribution in [2.75, 3.05) is 44.9 Å². The molecule has 0 radical (unpaired) electrons. The first-order chi connectivity index (χ1) is 15.3. The molecule has 1 heterocycles. The number of piperazine rings is 1. The van der Waals surface area contributed by atoms with Crippen LogP contribution in [-0.2, 0) is 10.9 Å². The number of nitrogens with zero attached hydrogens (tertiary/aromatic N) is 3. The highest BCUT2D eigenvalue weighted by atomic mass is 19.4. The van der Waals surface area contributed by atoms with Gasteiger partial charge in [0.2, 0.25) is 0 Å². The summed E-state index contributed by atoms with van der Waals surface area (Å²) in [6, 6.07) is 11.8. The fourth-order valence-electron chi connectivity index (χ4n) is 3.80. The first-order valence-corrected chi connectivity index (χ1v) is 10.2. The zero-order valence-electron chi connectivity index (χ0n) is 17.9. The fraction of sp³-hybridized carbons (Fsp3) is 0.391. The summed E-state index contributed by atoms with van der Waals surface area (Å²) in [5.74, 6) is 0.511. The summed E-state index contributed by atoms with van der Waals surface area (Å²) in [4.78, 5) is 16.4. The number of nitriles is 1. The number of benzene rings is 2. The first-order valence-electron chi connectivity index (χ1n) is 10.2. The second-order valence-electron chi connectivity index (χ2n) is 7.35. The number of alkyl halides is 3. The van der Waals surface area contributed by atoms with Crippen molar-refractivity contribution in [3.05, 3.63) is 59.2 Å². The lowest BCUT2D eigenvalue weighted by Gasteiger charge is -2.42. The monoisotopic (exact) mass is 447 g/mol. The minimum Gasteiger partial charge on any atom is -0.494 e. The van der Waals surface area contributed by atoms with Crippen LogP contribution in [0.4, 0.5) is 18.9 Å². The fourth-order valence-corrected chi connectivity index (χ4v) is 3.80. The third-order valence-electron chi connectivity index (χ3n) is 5.30. The van der Waals surface area contributed by atoms with E-state index in [2.05, 4.69) is 0 Å². The Kier molecular flexibility index (Phi) is 7.26. The highest BCUT2D eigenvalue weighted by Crippen LogP contribution is 2.35. The van der Waals surface area contributed by atoms with Gasteiger partial charge in [-0.1, -0.05) is 0 Å². The van der Waals surface area contributed by atoms with Gasteiger partial charge < -0.3 is 19.3 Å². The van der Waals surface area contributed by atoms with Crippen LogP contribution in [0.15, 0.2) is 42.5 Å². The lowest BCUT2D eigenvalue weighted by molar-refractivity contribution is -0.137. The summed E-state index contributed by atoms with van der Waals surface area (Å²) in [6.07, 6.45) is -4.64. The second kappa shape index (κ2) is 9.92. The molecule has 9 heteroatoms. The van der Waals surface area contributed by atoms with Crippen LogP contribution in [0.5, 0.6) is 5.75 Å². The van der Waals surface area contributed by atoms with Crippen LogP contribution < -0.4 is 9.64 Å². The molecule has 1 aliphatic heterocycles. The van der Waals surface area contributed by atoms with Crippen LogP contribution in [0.2, 0.25) is 0 Å². The maximum Gasteiger partial charge on any atom is 0.417 e. The van der Waals surface area contributed by atoms with E-state index >= 15 is 0 Å². The van der Waals surface area contributed by atoms with Gasteiger partial charge >= 0.3 is 6.18 Å². The Balaban J connectivity index is 1.81. The number of carbonyl (C=O) groups is 1. The van der Waals surface area contributed by atoms with Gasteiger partial charge in [0.1, 0.15) is 5.75 Å². The predicted octanol–water partition coefficient (Wildman–Crippen LogP) is 3.95. The molecule has 1 unspecified atom stereocenters. The molecule has 0 spiro atoms. The van der Waals surface area contributed by atoms with E-state index in [0.717, 1.165) is 6.07 Å². The lowest BCUT2D eigenvalue weighted by atomic mass is 10.0. The van der Waals surface area contributed by atoms with Gasteiger partial charge in [0.05, 0.1) is 36.5 Å². The van der Waals surface area contributed by atoms with Crippen molar-refractivity contribution in [1.29, 1.82) is 5.26 Å². The molecule has 170 valence electrons. The van der Waals surface area contributed by atoms with Crippen molar-refractivity contribution in [2.45, 2.75) is 19.1 Å². The number of carbonyl (C=O) groups excluding carboxylic acids is 1. The molecule has 0 aliphatic carbocycles. The summed E-state index contributed by atoms with van der Waals surface area (Å²) in [5, 5.41) is 9.03. The van der Waals surface area contributed by atoms with Gasteiger partial charge in [0.25, 0.3) is 5.91 Å². The molecular weight excluding hydrogens is 423 g/mol. The number of methoxy groups -OCH3 is 1. The smallest absolute Gasteiger partial charge is 0.417 e. The number of anilines is 1. The van der Waals surface area contributed by atoms with Crippen LogP contribution in [0, 0.1) is 11.3 Å². The van der Waals surface area contributed by atoms with Crippen molar-refractivity contribution < 1.29 is 27.4 Å². The van der Waals surface area contributed by atoms with Gasteiger partial charge in [-0.25, -0.2) is 0 Å². The van der Waals surface area contributed by atoms with Crippen molar-refractivity contribution in [3.63, 3.8) is 0 Å². The number of hydrogen-bond donors (Lipinski definition) is 0. The summed E-state index contributed by atoms with van der Waals surface area (Å²) in [6.45, 7) is 3.60. The Morgan fingerprint density at radius 2 is 1.91 bits per heavy atom. The van der Waals surface area contributed by atoms with E-state index in [1.165, 1.54) is 19.2 Å². The Morgan fingerprint density at radius 3 is 2.50 bits per heavy atom. The number of hydrogen-bond acceptors (Lipinski definition) is 5. The largest absolute Gasteiger partial charge is 0.494 e. The summed E-state index contributed by atoms with van der Waals surface area (Å²) >= 11 is 0. The molecule has 0 N–H and O–H groups in total. The normalized spacial score (nSPS) is 16.6. The van der Waals surface area contributed by atoms with Crippen molar-refractivity contribution in [1.82, 2.24) is 4.90 Å². The van der Waals surface area contributed by atoms with E-state index < -0.39 is 17.3 Å². The minimum absolute atomic E-state index is 0.162. The van der Waals surface area contributed by atoms with Crippen molar-refractivity contribution >= 4 is 11.6 Å². The van der Waals surface area contributed by atoms with E-state index in [-0.39, 0.29) is 18.6 Å². The standard InChI is InChI=1S/C23H24F3N3O3/c1-3-32-20-8-5-16(6-9-20)22(30)28-10-11-29(19(14-28)15-31-2)18-7-4-17(13-27)21(12-18)23(24,25)26/h4-9,12,19H,3,10-11,14-15H2,1-2H3. The molecule has 0 bridgehead atoms. The van der Waals surface area contributed by atoms with Crippen LogP contribution in [0.25, 0.3) is 0 Å². The molecule has 6 nitrogen and oxygen atoms in total. The van der Waals surface area contributed by atoms with Crippen LogP contribution in [0.3, 0.4) is 0 Å². The Bertz CT molecular complexity index is 987. The Labute approximate surface area is 184 Å². The highest BCUT2D eigenvalue weighted by Gasteiger charge is 2.36. The second-order valence-corrected chi connectivity index (χ2v) is 7.35. The van der Waals surface area contributed by atoms with E-state index in [4.69, 9.17) is 14.7 Å². The molecular formula is C23H24F3N3O3. The zero-order valence-corrected chi connectivity index (χ0v) is 17.9. The number of rotatable bonds is 6. The van der Waals surface area contributed by atoms with Crippen LogP contribution >= 0.6 is 0 Å². The molecule has 2 aromatic carbocycles. The maximum atomic E-state index is 13.4. The highest BCUT2D eigenvalue weighted by molar-refractivity contribution is 5.94. The van der Waals surface area contributed by atoms with Gasteiger partial charge in [-0.3, -0.25) is 4.79 Å². The molecule has 0 saturated carbocycles. The molecule has 3 rings (SSSR count). The van der Waals surface area contributed by atoms with Gasteiger partial charge in [0.15, 0.2) is 0 Å². The summed E-state index contributed by atoms with van der Waals surface area (Å²) in [7, 11) is 1.51. The molecule has 1 aliphatic rings. The minimum atomic E-state index is -4.64. The van der Waals surface area contributed by atoms with Crippen LogP contribution in [0.1, 0.15) is 28.4 Å². The van der Waals surface area contributed by atoms with Gasteiger partial charge in [-0.2, -0.15) is 18.4 Å². The quantitative estimate of drug-likeness (QED) is 0.671. The van der Waals surface area contributed by atoms with Crippen molar-refractivity contribution in [3.8, 4) is 11.8 Å². The zero-order chi connectivity index (χ0) is 23.3. The molecule has 2 aromatic rings. The predicted molar refractivity (Wildman–Crippen MR) is 113 cm³/mol. The van der Waals surface area contributed by atoms with Crippen molar-refractivity contribution in [2.24, 2.45) is 0 Å². The molecule has 1 amide bonds. The summed E-state index contributed by atoms with van der Waals surface area (Å²) in [5.41, 5.74) is -0.544. The topological polar surface area (TPSA) is 65.8 Å². The first kappa shape index (κ1) is 23.4. The number of ether oxygens (including phenoxy) is 2. The van der Waals surface area contributed by atoms with E-state index in [1.807, 2.05) is 6.92 Å². The average molecular weight is 447 g/mol. The van der Waals surface area contributed by atoms with E-state index in [0.29, 0.717) is 43.2 Å². The molecule has 1 fully saturated rings. The number of halogens is 3. The SMILES string of the molecule is CCOc1ccc(C(=O)N2CCN(c3ccc(C#N)c(C(F)(F)F)c3)C(COC)C2)cc1. The van der Waals surface area contributed by atoms with Crippen LogP contribution in [-0.4, -0.2) is 56.8 Å². The third-order valence-corrected chi connectivity index (χ3v) is 5.30. The maximum absolute atomic E-state index is 13.4. The number of amides is 1. The van der Waals surface area contributed by atoms with Gasteiger partial charge in [-0.15, -0.1) is 0 Å². The van der Waals surface area contributed by atoms with Gasteiger partial charge in [-0.05, 0) is 49.4 Å². The molecule has 1 saturated heterocycles. The van der Waals surface area contributed by atoms with E-state index in [9.17, 15) is 18.0 Å². The summed E-state index contributed by atoms with van der Waals surface area (Å²) < 4.78 is 50.9. The molecule has 0 aromatic heterocycles. The Hall–Kier alpha value is -3.25. The lowest BCUT2D eigenvalue weighted by Crippen LogP contribution is -2.56. The Morgan fingerprint density at radius 1 is 1.19 bits per heavy atom. The van der Waals surface area contributed by atoms with Gasteiger partial charge in [0, 0.05) is 38.0 Å². The molecule has 32 heavy (non-hydrogen) atoms.